The Hall–Kier alpha value is -1.85. The van der Waals surface area contributed by atoms with Crippen LogP contribution in [0.5, 0.6) is 0 Å². The van der Waals surface area contributed by atoms with Crippen LogP contribution in [-0.2, 0) is 9.53 Å². The van der Waals surface area contributed by atoms with Gasteiger partial charge in [-0.05, 0) is 19.3 Å². The summed E-state index contributed by atoms with van der Waals surface area (Å²) in [7, 11) is 0. The molecular weight excluding hydrogens is 258 g/mol. The molecule has 0 saturated carbocycles. The van der Waals surface area contributed by atoms with Crippen LogP contribution in [0.4, 0.5) is 0 Å². The highest BCUT2D eigenvalue weighted by molar-refractivity contribution is 5.94. The number of hydrogen-bond acceptors (Lipinski definition) is 4. The van der Waals surface area contributed by atoms with Crippen LogP contribution < -0.4 is 0 Å². The van der Waals surface area contributed by atoms with Crippen molar-refractivity contribution in [1.29, 1.82) is 0 Å². The molecule has 1 aromatic rings. The third-order valence-corrected chi connectivity index (χ3v) is 4.12. The van der Waals surface area contributed by atoms with Crippen molar-refractivity contribution >= 4 is 11.9 Å². The molecule has 2 rings (SSSR count). The van der Waals surface area contributed by atoms with Crippen LogP contribution in [0.2, 0.25) is 0 Å². The molecule has 1 N–H and O–H groups in total. The molecule has 6 heteroatoms. The number of aromatic nitrogens is 2. The van der Waals surface area contributed by atoms with Gasteiger partial charge in [0.05, 0.1) is 23.8 Å². The molecule has 1 aromatic heterocycles. The van der Waals surface area contributed by atoms with Gasteiger partial charge in [-0.25, -0.2) is 0 Å². The average molecular weight is 279 g/mol. The quantitative estimate of drug-likeness (QED) is 0.847. The van der Waals surface area contributed by atoms with Gasteiger partial charge in [0.15, 0.2) is 0 Å². The molecule has 1 aliphatic rings. The van der Waals surface area contributed by atoms with Crippen LogP contribution in [0.3, 0.4) is 0 Å². The first-order valence-electron chi connectivity index (χ1n) is 6.96. The summed E-state index contributed by atoms with van der Waals surface area (Å²) in [5, 5.41) is 6.42. The lowest BCUT2D eigenvalue weighted by atomic mass is 9.76. The van der Waals surface area contributed by atoms with E-state index in [0.29, 0.717) is 31.7 Å². The monoisotopic (exact) mass is 279 g/mol. The second-order valence-corrected chi connectivity index (χ2v) is 5.49. The minimum Gasteiger partial charge on any atom is -0.466 e. The van der Waals surface area contributed by atoms with Gasteiger partial charge in [0.2, 0.25) is 0 Å². The fourth-order valence-electron chi connectivity index (χ4n) is 2.71. The first kappa shape index (κ1) is 14.6. The Bertz CT molecular complexity index is 484. The molecule has 6 nitrogen and oxygen atoms in total. The number of H-pyrrole nitrogens is 1. The highest BCUT2D eigenvalue weighted by Crippen LogP contribution is 2.39. The third kappa shape index (κ3) is 2.42. The lowest BCUT2D eigenvalue weighted by molar-refractivity contribution is -0.157. The van der Waals surface area contributed by atoms with Gasteiger partial charge in [0, 0.05) is 19.3 Å². The number of aromatic amines is 1. The number of hydrogen-bond donors (Lipinski definition) is 1. The number of nitrogens with zero attached hydrogens (tertiary/aromatic N) is 2. The predicted molar refractivity (Wildman–Crippen MR) is 73.0 cm³/mol. The highest BCUT2D eigenvalue weighted by atomic mass is 16.5. The van der Waals surface area contributed by atoms with Gasteiger partial charge >= 0.3 is 5.97 Å². The minimum atomic E-state index is -0.588. The molecule has 1 atom stereocenters. The Labute approximate surface area is 118 Å². The maximum Gasteiger partial charge on any atom is 0.314 e. The van der Waals surface area contributed by atoms with Crippen LogP contribution in [-0.4, -0.2) is 46.7 Å². The molecule has 0 radical (unpaired) electrons. The van der Waals surface area contributed by atoms with Crippen molar-refractivity contribution in [1.82, 2.24) is 15.1 Å². The number of amides is 1. The lowest BCUT2D eigenvalue weighted by Gasteiger charge is -2.30. The third-order valence-electron chi connectivity index (χ3n) is 4.12. The number of likely N-dealkylation sites (tertiary alicyclic amines) is 1. The Morgan fingerprint density at radius 3 is 2.85 bits per heavy atom. The van der Waals surface area contributed by atoms with E-state index in [1.54, 1.807) is 18.0 Å². The molecule has 1 saturated heterocycles. The number of rotatable bonds is 4. The Balaban J connectivity index is 2.16. The average Bonchev–Trinajstić information content (AvgIpc) is 3.08. The fourth-order valence-corrected chi connectivity index (χ4v) is 2.71. The molecule has 1 amide bonds. The Kier molecular flexibility index (Phi) is 4.11. The van der Waals surface area contributed by atoms with Gasteiger partial charge in [-0.15, -0.1) is 0 Å². The Morgan fingerprint density at radius 1 is 1.55 bits per heavy atom. The van der Waals surface area contributed by atoms with Crippen molar-refractivity contribution < 1.29 is 14.3 Å². The summed E-state index contributed by atoms with van der Waals surface area (Å²) in [5.74, 6) is -0.160. The molecular formula is C14H21N3O3. The van der Waals surface area contributed by atoms with Gasteiger partial charge < -0.3 is 9.64 Å². The van der Waals surface area contributed by atoms with E-state index in [2.05, 4.69) is 10.2 Å². The molecule has 0 spiro atoms. The standard InChI is InChI=1S/C14H21N3O3/c1-4-20-13(19)14(10(2)3)5-6-17(9-14)12(18)11-7-15-16-8-11/h7-8,10H,4-6,9H2,1-3H3,(H,15,16)/t14-/m1/s1. The van der Waals surface area contributed by atoms with Gasteiger partial charge in [0.1, 0.15) is 0 Å². The zero-order valence-corrected chi connectivity index (χ0v) is 12.2. The maximum absolute atomic E-state index is 12.3. The summed E-state index contributed by atoms with van der Waals surface area (Å²) < 4.78 is 5.21. The number of carbonyl (C=O) groups is 2. The van der Waals surface area contributed by atoms with Gasteiger partial charge in [-0.1, -0.05) is 13.8 Å². The van der Waals surface area contributed by atoms with Crippen LogP contribution in [0, 0.1) is 11.3 Å². The molecule has 1 fully saturated rings. The van der Waals surface area contributed by atoms with Gasteiger partial charge in [-0.2, -0.15) is 5.10 Å². The molecule has 0 aliphatic carbocycles. The molecule has 2 heterocycles. The molecule has 110 valence electrons. The highest BCUT2D eigenvalue weighted by Gasteiger charge is 2.49. The minimum absolute atomic E-state index is 0.0921. The van der Waals surface area contributed by atoms with E-state index in [4.69, 9.17) is 4.74 Å². The first-order valence-corrected chi connectivity index (χ1v) is 6.96. The topological polar surface area (TPSA) is 75.3 Å². The van der Waals surface area contributed by atoms with Crippen molar-refractivity contribution in [2.45, 2.75) is 27.2 Å². The van der Waals surface area contributed by atoms with E-state index >= 15 is 0 Å². The van der Waals surface area contributed by atoms with Crippen molar-refractivity contribution in [3.8, 4) is 0 Å². The number of carbonyl (C=O) groups excluding carboxylic acids is 2. The largest absolute Gasteiger partial charge is 0.466 e. The molecule has 0 unspecified atom stereocenters. The molecule has 20 heavy (non-hydrogen) atoms. The van der Waals surface area contributed by atoms with E-state index < -0.39 is 5.41 Å². The van der Waals surface area contributed by atoms with Gasteiger partial charge in [-0.3, -0.25) is 14.7 Å². The lowest BCUT2D eigenvalue weighted by Crippen LogP contribution is -2.41. The molecule has 0 aromatic carbocycles. The first-order chi connectivity index (χ1) is 9.51. The van der Waals surface area contributed by atoms with Crippen LogP contribution in [0.1, 0.15) is 37.6 Å². The summed E-state index contributed by atoms with van der Waals surface area (Å²) in [6.07, 6.45) is 3.72. The Morgan fingerprint density at radius 2 is 2.30 bits per heavy atom. The zero-order valence-electron chi connectivity index (χ0n) is 12.2. The predicted octanol–water partition coefficient (Wildman–Crippen LogP) is 1.46. The number of esters is 1. The van der Waals surface area contributed by atoms with E-state index in [0.717, 1.165) is 0 Å². The van der Waals surface area contributed by atoms with E-state index in [1.165, 1.54) is 6.20 Å². The fraction of sp³-hybridized carbons (Fsp3) is 0.643. The van der Waals surface area contributed by atoms with Crippen molar-refractivity contribution in [2.24, 2.45) is 11.3 Å². The van der Waals surface area contributed by atoms with E-state index in [-0.39, 0.29) is 17.8 Å². The second kappa shape index (κ2) is 5.64. The van der Waals surface area contributed by atoms with Crippen LogP contribution in [0.25, 0.3) is 0 Å². The van der Waals surface area contributed by atoms with Gasteiger partial charge in [0.25, 0.3) is 5.91 Å². The number of nitrogens with one attached hydrogen (secondary N) is 1. The van der Waals surface area contributed by atoms with Crippen molar-refractivity contribution in [3.63, 3.8) is 0 Å². The van der Waals surface area contributed by atoms with E-state index in [9.17, 15) is 9.59 Å². The van der Waals surface area contributed by atoms with Crippen LogP contribution >= 0.6 is 0 Å². The van der Waals surface area contributed by atoms with Crippen molar-refractivity contribution in [3.05, 3.63) is 18.0 Å². The summed E-state index contributed by atoms with van der Waals surface area (Å²) >= 11 is 0. The van der Waals surface area contributed by atoms with E-state index in [1.807, 2.05) is 13.8 Å². The summed E-state index contributed by atoms with van der Waals surface area (Å²) in [6.45, 7) is 7.15. The van der Waals surface area contributed by atoms with Crippen LogP contribution in [0.15, 0.2) is 12.4 Å². The zero-order chi connectivity index (χ0) is 14.8. The summed E-state index contributed by atoms with van der Waals surface area (Å²) in [6, 6.07) is 0. The maximum atomic E-state index is 12.3. The van der Waals surface area contributed by atoms with Crippen molar-refractivity contribution in [2.75, 3.05) is 19.7 Å². The molecule has 1 aliphatic heterocycles. The summed E-state index contributed by atoms with van der Waals surface area (Å²) in [5.41, 5.74) is -0.0662. The molecule has 0 bridgehead atoms. The summed E-state index contributed by atoms with van der Waals surface area (Å²) in [4.78, 5) is 26.3. The second-order valence-electron chi connectivity index (χ2n) is 5.49. The number of ether oxygens (including phenoxy) is 1. The smallest absolute Gasteiger partial charge is 0.314 e. The normalized spacial score (nSPS) is 22.3. The SMILES string of the molecule is CCOC(=O)[C@]1(C(C)C)CCN(C(=O)c2cn[nH]c2)C1.